The second kappa shape index (κ2) is 4.08. The van der Waals surface area contributed by atoms with Crippen LogP contribution in [0.4, 0.5) is 5.69 Å². The van der Waals surface area contributed by atoms with Crippen LogP contribution in [-0.2, 0) is 14.4 Å². The molecule has 0 spiro atoms. The minimum atomic E-state index is -1.81. The van der Waals surface area contributed by atoms with Crippen LogP contribution in [-0.4, -0.2) is 32.7 Å². The normalized spacial score (nSPS) is 9.14. The number of nitrogens with one attached hydrogen (secondary N) is 1. The number of amides is 1. The standard InChI is InChI=1S/C7H5N3O4/c11-5(7(13)14)6(12)10-4-1-8-3-9-2-4/h1-3H,(H,10,12)(H,13,14). The lowest BCUT2D eigenvalue weighted by Gasteiger charge is -1.99. The molecule has 1 heterocycles. The summed E-state index contributed by atoms with van der Waals surface area (Å²) in [6, 6.07) is 0. The maximum atomic E-state index is 10.9. The lowest BCUT2D eigenvalue weighted by Crippen LogP contribution is -2.29. The highest BCUT2D eigenvalue weighted by atomic mass is 16.4. The molecule has 7 heteroatoms. The Balaban J connectivity index is 2.67. The van der Waals surface area contributed by atoms with Crippen LogP contribution in [0, 0.1) is 0 Å². The molecule has 0 aromatic carbocycles. The van der Waals surface area contributed by atoms with Crippen molar-refractivity contribution in [1.29, 1.82) is 0 Å². The van der Waals surface area contributed by atoms with Gasteiger partial charge in [0.25, 0.3) is 0 Å². The molecule has 2 N–H and O–H groups in total. The first kappa shape index (κ1) is 9.78. The van der Waals surface area contributed by atoms with Crippen LogP contribution in [0.15, 0.2) is 18.7 Å². The largest absolute Gasteiger partial charge is 0.475 e. The number of hydrogen-bond donors (Lipinski definition) is 2. The monoisotopic (exact) mass is 195 g/mol. The number of nitrogens with zero attached hydrogens (tertiary/aromatic N) is 2. The van der Waals surface area contributed by atoms with Gasteiger partial charge in [-0.05, 0) is 0 Å². The minimum absolute atomic E-state index is 0.159. The second-order valence-electron chi connectivity index (χ2n) is 2.22. The minimum Gasteiger partial charge on any atom is -0.475 e. The third-order valence-electron chi connectivity index (χ3n) is 1.22. The van der Waals surface area contributed by atoms with Gasteiger partial charge in [-0.2, -0.15) is 0 Å². The Hall–Kier alpha value is -2.31. The third-order valence-corrected chi connectivity index (χ3v) is 1.22. The van der Waals surface area contributed by atoms with E-state index >= 15 is 0 Å². The van der Waals surface area contributed by atoms with Crippen molar-refractivity contribution in [2.45, 2.75) is 0 Å². The van der Waals surface area contributed by atoms with Crippen LogP contribution in [0.5, 0.6) is 0 Å². The Morgan fingerprint density at radius 3 is 2.29 bits per heavy atom. The first-order valence-electron chi connectivity index (χ1n) is 3.45. The molecule has 0 atom stereocenters. The number of Topliss-reactive ketones (excluding diaryl/α,β-unsaturated/α-hetero) is 1. The first-order valence-corrected chi connectivity index (χ1v) is 3.45. The van der Waals surface area contributed by atoms with Crippen molar-refractivity contribution >= 4 is 23.3 Å². The molecule has 0 bridgehead atoms. The second-order valence-corrected chi connectivity index (χ2v) is 2.22. The molecule has 0 saturated heterocycles. The smallest absolute Gasteiger partial charge is 0.382 e. The van der Waals surface area contributed by atoms with Gasteiger partial charge in [0.15, 0.2) is 0 Å². The van der Waals surface area contributed by atoms with Crippen molar-refractivity contribution in [1.82, 2.24) is 9.97 Å². The zero-order chi connectivity index (χ0) is 10.6. The zero-order valence-corrected chi connectivity index (χ0v) is 6.80. The highest BCUT2D eigenvalue weighted by Crippen LogP contribution is 1.99. The van der Waals surface area contributed by atoms with Crippen molar-refractivity contribution in [3.63, 3.8) is 0 Å². The van der Waals surface area contributed by atoms with E-state index in [0.717, 1.165) is 0 Å². The van der Waals surface area contributed by atoms with Gasteiger partial charge in [0, 0.05) is 0 Å². The van der Waals surface area contributed by atoms with Crippen molar-refractivity contribution in [3.05, 3.63) is 18.7 Å². The molecule has 1 amide bonds. The van der Waals surface area contributed by atoms with Crippen LogP contribution in [0.1, 0.15) is 0 Å². The summed E-state index contributed by atoms with van der Waals surface area (Å²) in [4.78, 5) is 38.7. The summed E-state index contributed by atoms with van der Waals surface area (Å²) in [6.45, 7) is 0. The van der Waals surface area contributed by atoms with E-state index in [2.05, 4.69) is 9.97 Å². The molecular weight excluding hydrogens is 190 g/mol. The molecule has 14 heavy (non-hydrogen) atoms. The Bertz CT molecular complexity index is 376. The number of carbonyl (C=O) groups is 3. The average Bonchev–Trinajstić information content (AvgIpc) is 2.18. The number of anilines is 1. The zero-order valence-electron chi connectivity index (χ0n) is 6.80. The van der Waals surface area contributed by atoms with Crippen molar-refractivity contribution in [2.24, 2.45) is 0 Å². The van der Waals surface area contributed by atoms with Crippen LogP contribution < -0.4 is 5.32 Å². The molecule has 1 aromatic rings. The highest BCUT2D eigenvalue weighted by Gasteiger charge is 2.21. The molecule has 0 radical (unpaired) electrons. The van der Waals surface area contributed by atoms with E-state index in [0.29, 0.717) is 0 Å². The summed E-state index contributed by atoms with van der Waals surface area (Å²) >= 11 is 0. The van der Waals surface area contributed by atoms with Gasteiger partial charge < -0.3 is 10.4 Å². The van der Waals surface area contributed by atoms with E-state index in [1.54, 1.807) is 0 Å². The van der Waals surface area contributed by atoms with Crippen molar-refractivity contribution < 1.29 is 19.5 Å². The summed E-state index contributed by atoms with van der Waals surface area (Å²) < 4.78 is 0. The van der Waals surface area contributed by atoms with E-state index in [-0.39, 0.29) is 5.69 Å². The maximum Gasteiger partial charge on any atom is 0.382 e. The van der Waals surface area contributed by atoms with Crippen molar-refractivity contribution in [3.8, 4) is 0 Å². The molecular formula is C7H5N3O4. The molecule has 0 aliphatic heterocycles. The number of ketones is 1. The molecule has 1 aromatic heterocycles. The predicted octanol–water partition coefficient (Wildman–Crippen LogP) is -0.931. The molecule has 7 nitrogen and oxygen atoms in total. The maximum absolute atomic E-state index is 10.9. The Morgan fingerprint density at radius 2 is 1.79 bits per heavy atom. The number of carboxylic acids is 1. The number of carbonyl (C=O) groups excluding carboxylic acids is 2. The van der Waals surface area contributed by atoms with Gasteiger partial charge in [0.2, 0.25) is 0 Å². The average molecular weight is 195 g/mol. The topological polar surface area (TPSA) is 109 Å². The van der Waals surface area contributed by atoms with Crippen LogP contribution in [0.2, 0.25) is 0 Å². The van der Waals surface area contributed by atoms with E-state index < -0.39 is 17.7 Å². The number of aliphatic carboxylic acids is 1. The molecule has 1 rings (SSSR count). The Morgan fingerprint density at radius 1 is 1.21 bits per heavy atom. The SMILES string of the molecule is O=C(O)C(=O)C(=O)Nc1cncnc1. The molecule has 0 aliphatic carbocycles. The molecule has 0 fully saturated rings. The summed E-state index contributed by atoms with van der Waals surface area (Å²) in [5, 5.41) is 10.2. The summed E-state index contributed by atoms with van der Waals surface area (Å²) in [6.07, 6.45) is 3.70. The van der Waals surface area contributed by atoms with Gasteiger partial charge in [-0.25, -0.2) is 14.8 Å². The third kappa shape index (κ3) is 2.34. The highest BCUT2D eigenvalue weighted by molar-refractivity contribution is 6.63. The van der Waals surface area contributed by atoms with E-state index in [1.807, 2.05) is 5.32 Å². The fourth-order valence-electron chi connectivity index (χ4n) is 0.649. The van der Waals surface area contributed by atoms with Crippen molar-refractivity contribution in [2.75, 3.05) is 5.32 Å². The first-order chi connectivity index (χ1) is 6.61. The lowest BCUT2D eigenvalue weighted by atomic mass is 10.3. The fraction of sp³-hybridized carbons (Fsp3) is 0. The molecule has 0 unspecified atom stereocenters. The van der Waals surface area contributed by atoms with E-state index in [9.17, 15) is 14.4 Å². The van der Waals surface area contributed by atoms with Gasteiger partial charge in [-0.1, -0.05) is 0 Å². The van der Waals surface area contributed by atoms with E-state index in [1.165, 1.54) is 18.7 Å². The number of aromatic nitrogens is 2. The van der Waals surface area contributed by atoms with Crippen LogP contribution in [0.25, 0.3) is 0 Å². The summed E-state index contributed by atoms with van der Waals surface area (Å²) in [5.41, 5.74) is 0.159. The van der Waals surface area contributed by atoms with Crippen LogP contribution >= 0.6 is 0 Å². The predicted molar refractivity (Wildman–Crippen MR) is 43.3 cm³/mol. The molecule has 0 saturated carbocycles. The van der Waals surface area contributed by atoms with Gasteiger partial charge in [-0.3, -0.25) is 9.59 Å². The number of hydrogen-bond acceptors (Lipinski definition) is 5. The Labute approximate surface area is 77.8 Å². The molecule has 0 aliphatic rings. The number of rotatable bonds is 3. The van der Waals surface area contributed by atoms with Gasteiger partial charge >= 0.3 is 17.7 Å². The van der Waals surface area contributed by atoms with Gasteiger partial charge in [0.1, 0.15) is 6.33 Å². The Kier molecular flexibility index (Phi) is 2.85. The van der Waals surface area contributed by atoms with Gasteiger partial charge in [0.05, 0.1) is 18.1 Å². The lowest BCUT2D eigenvalue weighted by molar-refractivity contribution is -0.152. The molecule has 72 valence electrons. The van der Waals surface area contributed by atoms with Gasteiger partial charge in [-0.15, -0.1) is 0 Å². The summed E-state index contributed by atoms with van der Waals surface area (Å²) in [5.74, 6) is -4.57. The summed E-state index contributed by atoms with van der Waals surface area (Å²) in [7, 11) is 0. The van der Waals surface area contributed by atoms with Crippen LogP contribution in [0.3, 0.4) is 0 Å². The quantitative estimate of drug-likeness (QED) is 0.476. The number of carboxylic acid groups (broad SMARTS) is 1. The fourth-order valence-corrected chi connectivity index (χ4v) is 0.649. The van der Waals surface area contributed by atoms with E-state index in [4.69, 9.17) is 5.11 Å².